The van der Waals surface area contributed by atoms with E-state index in [0.29, 0.717) is 0 Å². The third-order valence-corrected chi connectivity index (χ3v) is 2.68. The summed E-state index contributed by atoms with van der Waals surface area (Å²) in [6, 6.07) is 0. The first kappa shape index (κ1) is 23.1. The second-order valence-electron chi connectivity index (χ2n) is 2.61. The van der Waals surface area contributed by atoms with Gasteiger partial charge in [0.1, 0.15) is 0 Å². The Morgan fingerprint density at radius 2 is 0.833 bits per heavy atom. The van der Waals surface area contributed by atoms with Crippen LogP contribution in [0.2, 0.25) is 0 Å². The summed E-state index contributed by atoms with van der Waals surface area (Å²) in [4.78, 5) is 0. The van der Waals surface area contributed by atoms with Crippen molar-refractivity contribution in [3.63, 3.8) is 0 Å². The summed E-state index contributed by atoms with van der Waals surface area (Å²) in [6.07, 6.45) is 0. The summed E-state index contributed by atoms with van der Waals surface area (Å²) in [7, 11) is 0. The molecule has 0 aliphatic carbocycles. The van der Waals surface area contributed by atoms with Gasteiger partial charge in [-0.15, -0.1) is 0 Å². The molecule has 0 amide bonds. The number of hydrogen-bond acceptors (Lipinski definition) is 2. The molecule has 0 radical (unpaired) electrons. The maximum atomic E-state index is 2.27. The summed E-state index contributed by atoms with van der Waals surface area (Å²) < 4.78 is 1.28. The van der Waals surface area contributed by atoms with Gasteiger partial charge in [-0.3, -0.25) is 0 Å². The zero-order valence-corrected chi connectivity index (χ0v) is 11.2. The Balaban J connectivity index is -0.000000107. The van der Waals surface area contributed by atoms with Crippen LogP contribution in [0.15, 0.2) is 0 Å². The van der Waals surface area contributed by atoms with E-state index in [1.807, 2.05) is 0 Å². The second kappa shape index (κ2) is 11.9. The van der Waals surface area contributed by atoms with Gasteiger partial charge in [-0.05, 0) is 27.7 Å². The quantitative estimate of drug-likeness (QED) is 0.398. The first-order valence-electron chi connectivity index (χ1n) is 4.09. The fourth-order valence-electron chi connectivity index (χ4n) is 1.34. The van der Waals surface area contributed by atoms with Gasteiger partial charge in [0.25, 0.3) is 0 Å². The third-order valence-electron chi connectivity index (χ3n) is 2.68. The van der Waals surface area contributed by atoms with E-state index in [2.05, 4.69) is 27.7 Å². The monoisotopic (exact) mass is 187 g/mol. The normalized spacial score (nSPS) is 9.00. The zero-order valence-electron chi connectivity index (χ0n) is 9.17. The number of quaternary nitrogens is 1. The molecule has 0 aromatic rings. The van der Waals surface area contributed by atoms with Crippen molar-refractivity contribution in [1.29, 1.82) is 0 Å². The van der Waals surface area contributed by atoms with Gasteiger partial charge in [0, 0.05) is 0 Å². The summed E-state index contributed by atoms with van der Waals surface area (Å²) in [6.45, 7) is 14.2. The Hall–Kier alpha value is 0.880. The third kappa shape index (κ3) is 6.40. The SMILES string of the molecule is CC[N+](CC)(CC)CC.[Na+].[OH-].[OH-]. The van der Waals surface area contributed by atoms with Gasteiger partial charge in [-0.1, -0.05) is 0 Å². The van der Waals surface area contributed by atoms with Crippen LogP contribution in [0.25, 0.3) is 0 Å². The molecule has 0 bridgehead atoms. The molecular formula is C8H22NNaO2. The zero-order chi connectivity index (χ0) is 7.33. The molecule has 0 fully saturated rings. The molecule has 4 heteroatoms. The summed E-state index contributed by atoms with van der Waals surface area (Å²) in [5.74, 6) is 0. The van der Waals surface area contributed by atoms with E-state index < -0.39 is 0 Å². The van der Waals surface area contributed by atoms with Crippen molar-refractivity contribution in [2.45, 2.75) is 27.7 Å². The van der Waals surface area contributed by atoms with Crippen LogP contribution >= 0.6 is 0 Å². The molecule has 0 aromatic heterocycles. The van der Waals surface area contributed by atoms with E-state index in [0.717, 1.165) is 0 Å². The second-order valence-corrected chi connectivity index (χ2v) is 2.61. The molecule has 0 heterocycles. The number of nitrogens with zero attached hydrogens (tertiary/aromatic N) is 1. The average Bonchev–Trinajstić information content (AvgIpc) is 1.95. The van der Waals surface area contributed by atoms with Crippen molar-refractivity contribution in [2.24, 2.45) is 0 Å². The van der Waals surface area contributed by atoms with Gasteiger partial charge in [-0.2, -0.15) is 0 Å². The van der Waals surface area contributed by atoms with Crippen molar-refractivity contribution in [1.82, 2.24) is 0 Å². The van der Waals surface area contributed by atoms with E-state index in [1.165, 1.54) is 30.7 Å². The van der Waals surface area contributed by atoms with Crippen LogP contribution < -0.4 is 29.6 Å². The van der Waals surface area contributed by atoms with Gasteiger partial charge in [0.15, 0.2) is 0 Å². The van der Waals surface area contributed by atoms with Crippen LogP contribution in [-0.2, 0) is 0 Å². The number of rotatable bonds is 4. The van der Waals surface area contributed by atoms with E-state index in [1.54, 1.807) is 0 Å². The van der Waals surface area contributed by atoms with Gasteiger partial charge in [0.05, 0.1) is 26.2 Å². The van der Waals surface area contributed by atoms with Crippen LogP contribution in [0.4, 0.5) is 0 Å². The van der Waals surface area contributed by atoms with Crippen molar-refractivity contribution >= 4 is 0 Å². The van der Waals surface area contributed by atoms with E-state index in [4.69, 9.17) is 0 Å². The fraction of sp³-hybridized carbons (Fsp3) is 1.00. The first-order chi connectivity index (χ1) is 4.24. The Labute approximate surface area is 98.6 Å². The average molecular weight is 187 g/mol. The van der Waals surface area contributed by atoms with Crippen molar-refractivity contribution in [3.05, 3.63) is 0 Å². The van der Waals surface area contributed by atoms with Gasteiger partial charge in [0.2, 0.25) is 0 Å². The van der Waals surface area contributed by atoms with Crippen molar-refractivity contribution in [2.75, 3.05) is 26.2 Å². The summed E-state index contributed by atoms with van der Waals surface area (Å²) >= 11 is 0. The Bertz CT molecular complexity index is 59.9. The minimum atomic E-state index is 0. The van der Waals surface area contributed by atoms with Crippen LogP contribution in [0.1, 0.15) is 27.7 Å². The molecular weight excluding hydrogens is 165 g/mol. The Morgan fingerprint density at radius 3 is 0.833 bits per heavy atom. The molecule has 72 valence electrons. The molecule has 0 aliphatic heterocycles. The standard InChI is InChI=1S/C8H20N.Na.2H2O/c1-5-9(6-2,7-3)8-4;;;/h5-8H2,1-4H3;;2*1H2/q2*+1;;/p-2. The van der Waals surface area contributed by atoms with Crippen molar-refractivity contribution in [3.8, 4) is 0 Å². The smallest absolute Gasteiger partial charge is 0.870 e. The Morgan fingerprint density at radius 1 is 0.667 bits per heavy atom. The molecule has 0 unspecified atom stereocenters. The molecule has 12 heavy (non-hydrogen) atoms. The molecule has 0 aromatic carbocycles. The summed E-state index contributed by atoms with van der Waals surface area (Å²) in [5.41, 5.74) is 0. The fourth-order valence-corrected chi connectivity index (χ4v) is 1.34. The predicted octanol–water partition coefficient (Wildman–Crippen LogP) is -1.47. The van der Waals surface area contributed by atoms with Crippen LogP contribution in [0.3, 0.4) is 0 Å². The summed E-state index contributed by atoms with van der Waals surface area (Å²) in [5, 5.41) is 0. The van der Waals surface area contributed by atoms with Crippen LogP contribution in [-0.4, -0.2) is 41.6 Å². The van der Waals surface area contributed by atoms with E-state index in [9.17, 15) is 0 Å². The number of hydrogen-bond donors (Lipinski definition) is 0. The maximum Gasteiger partial charge on any atom is 1.00 e. The molecule has 2 N–H and O–H groups in total. The van der Waals surface area contributed by atoms with Gasteiger partial charge >= 0.3 is 29.6 Å². The topological polar surface area (TPSA) is 60.0 Å². The van der Waals surface area contributed by atoms with Gasteiger partial charge < -0.3 is 15.4 Å². The van der Waals surface area contributed by atoms with E-state index in [-0.39, 0.29) is 40.5 Å². The first-order valence-corrected chi connectivity index (χ1v) is 4.09. The predicted molar refractivity (Wildman–Crippen MR) is 46.3 cm³/mol. The van der Waals surface area contributed by atoms with Crippen LogP contribution in [0, 0.1) is 0 Å². The minimum Gasteiger partial charge on any atom is -0.870 e. The molecule has 3 nitrogen and oxygen atoms in total. The maximum absolute atomic E-state index is 2.27. The van der Waals surface area contributed by atoms with Gasteiger partial charge in [-0.25, -0.2) is 0 Å². The molecule has 0 spiro atoms. The van der Waals surface area contributed by atoms with Crippen molar-refractivity contribution < 1.29 is 45.0 Å². The minimum absolute atomic E-state index is 0. The van der Waals surface area contributed by atoms with E-state index >= 15 is 0 Å². The molecule has 0 atom stereocenters. The Kier molecular flexibility index (Phi) is 22.8. The van der Waals surface area contributed by atoms with Crippen LogP contribution in [0.5, 0.6) is 0 Å². The molecule has 0 aliphatic rings. The largest absolute Gasteiger partial charge is 1.00 e. The molecule has 0 rings (SSSR count). The molecule has 0 saturated heterocycles. The molecule has 0 saturated carbocycles.